The van der Waals surface area contributed by atoms with Gasteiger partial charge < -0.3 is 0 Å². The molecule has 3 nitrogen and oxygen atoms in total. The monoisotopic (exact) mass is 315 g/mol. The number of rotatable bonds is 2. The third-order valence-corrected chi connectivity index (χ3v) is 4.51. The zero-order valence-corrected chi connectivity index (χ0v) is 13.4. The number of aromatic nitrogens is 1. The van der Waals surface area contributed by atoms with E-state index in [0.717, 1.165) is 17.0 Å². The van der Waals surface area contributed by atoms with Gasteiger partial charge in [-0.1, -0.05) is 43.3 Å². The maximum absolute atomic E-state index is 14.5. The first-order valence-electron chi connectivity index (χ1n) is 7.22. The SMILES string of the molecule is CC1C/C=C\N(C)NC(F)=C1c1csc(-c2ccccc2)n1. The smallest absolute Gasteiger partial charge is 0.211 e. The molecule has 1 aromatic carbocycles. The topological polar surface area (TPSA) is 28.2 Å². The minimum absolute atomic E-state index is 0.0724. The lowest BCUT2D eigenvalue weighted by Crippen LogP contribution is -2.29. The van der Waals surface area contributed by atoms with Crippen LogP contribution in [0.2, 0.25) is 0 Å². The number of thiazole rings is 1. The standard InChI is InChI=1S/C17H18FN3S/c1-12-7-6-10-21(2)20-16(18)15(12)14-11-22-17(19-14)13-8-4-3-5-9-13/h3-6,8-12,20H,7H2,1-2H3/b10-6-,16-15?. The van der Waals surface area contributed by atoms with Gasteiger partial charge in [0.05, 0.1) is 5.69 Å². The van der Waals surface area contributed by atoms with Crippen LogP contribution in [0.15, 0.2) is 53.9 Å². The highest BCUT2D eigenvalue weighted by Gasteiger charge is 2.21. The normalized spacial score (nSPS) is 20.3. The molecule has 0 amide bonds. The lowest BCUT2D eigenvalue weighted by Gasteiger charge is -2.22. The average Bonchev–Trinajstić information content (AvgIpc) is 2.96. The fourth-order valence-electron chi connectivity index (χ4n) is 2.49. The molecule has 1 aliphatic rings. The average molecular weight is 315 g/mol. The second-order valence-electron chi connectivity index (χ2n) is 5.38. The quantitative estimate of drug-likeness (QED) is 0.831. The molecule has 1 aliphatic heterocycles. The van der Waals surface area contributed by atoms with Crippen molar-refractivity contribution in [1.29, 1.82) is 0 Å². The summed E-state index contributed by atoms with van der Waals surface area (Å²) in [5.41, 5.74) is 5.14. The van der Waals surface area contributed by atoms with E-state index in [-0.39, 0.29) is 11.9 Å². The third kappa shape index (κ3) is 3.04. The number of allylic oxidation sites excluding steroid dienone is 2. The number of nitrogens with one attached hydrogen (secondary N) is 1. The maximum Gasteiger partial charge on any atom is 0.211 e. The summed E-state index contributed by atoms with van der Waals surface area (Å²) in [5, 5.41) is 4.46. The molecule has 0 aliphatic carbocycles. The maximum atomic E-state index is 14.5. The summed E-state index contributed by atoms with van der Waals surface area (Å²) in [6.07, 6.45) is 4.66. The molecule has 0 spiro atoms. The number of benzene rings is 1. The van der Waals surface area contributed by atoms with E-state index in [9.17, 15) is 4.39 Å². The molecule has 22 heavy (non-hydrogen) atoms. The predicted octanol–water partition coefficient (Wildman–Crippen LogP) is 4.44. The van der Waals surface area contributed by atoms with Crippen LogP contribution in [0.4, 0.5) is 4.39 Å². The van der Waals surface area contributed by atoms with Gasteiger partial charge in [0.25, 0.3) is 0 Å². The molecule has 0 bridgehead atoms. The molecule has 1 N–H and O–H groups in total. The Bertz CT molecular complexity index is 706. The summed E-state index contributed by atoms with van der Waals surface area (Å²) in [7, 11) is 1.78. The number of nitrogens with zero attached hydrogens (tertiary/aromatic N) is 2. The van der Waals surface area contributed by atoms with E-state index in [2.05, 4.69) is 10.4 Å². The Morgan fingerprint density at radius 3 is 2.86 bits per heavy atom. The molecule has 1 unspecified atom stereocenters. The lowest BCUT2D eigenvalue weighted by atomic mass is 9.95. The number of hydrogen-bond donors (Lipinski definition) is 1. The van der Waals surface area contributed by atoms with E-state index in [4.69, 9.17) is 0 Å². The third-order valence-electron chi connectivity index (χ3n) is 3.62. The Kier molecular flexibility index (Phi) is 4.24. The largest absolute Gasteiger partial charge is 0.297 e. The van der Waals surface area contributed by atoms with Crippen LogP contribution in [-0.2, 0) is 0 Å². The number of halogens is 1. The van der Waals surface area contributed by atoms with Gasteiger partial charge in [-0.2, -0.15) is 4.39 Å². The van der Waals surface area contributed by atoms with E-state index >= 15 is 0 Å². The van der Waals surface area contributed by atoms with Crippen molar-refractivity contribution in [2.75, 3.05) is 7.05 Å². The zero-order valence-electron chi connectivity index (χ0n) is 12.6. The van der Waals surface area contributed by atoms with Crippen molar-refractivity contribution in [3.8, 4) is 10.6 Å². The van der Waals surface area contributed by atoms with Crippen molar-refractivity contribution in [2.24, 2.45) is 5.92 Å². The van der Waals surface area contributed by atoms with Crippen molar-refractivity contribution in [3.63, 3.8) is 0 Å². The number of hydrogen-bond acceptors (Lipinski definition) is 4. The first-order chi connectivity index (χ1) is 10.6. The van der Waals surface area contributed by atoms with Crippen LogP contribution in [0.25, 0.3) is 16.1 Å². The van der Waals surface area contributed by atoms with E-state index in [0.29, 0.717) is 11.3 Å². The molecular formula is C17H18FN3S. The van der Waals surface area contributed by atoms with Gasteiger partial charge in [-0.15, -0.1) is 11.3 Å². The Balaban J connectivity index is 1.97. The zero-order chi connectivity index (χ0) is 15.5. The molecule has 114 valence electrons. The van der Waals surface area contributed by atoms with Gasteiger partial charge in [0.1, 0.15) is 5.01 Å². The van der Waals surface area contributed by atoms with Crippen molar-refractivity contribution >= 4 is 16.9 Å². The molecule has 1 atom stereocenters. The van der Waals surface area contributed by atoms with E-state index in [1.807, 2.05) is 54.9 Å². The molecule has 2 aromatic rings. The van der Waals surface area contributed by atoms with Gasteiger partial charge in [0, 0.05) is 29.8 Å². The first kappa shape index (κ1) is 14.8. The lowest BCUT2D eigenvalue weighted by molar-refractivity contribution is 0.314. The molecule has 0 radical (unpaired) electrons. The van der Waals surface area contributed by atoms with Crippen LogP contribution in [0.1, 0.15) is 19.0 Å². The summed E-state index contributed by atoms with van der Waals surface area (Å²) in [6.45, 7) is 2.02. The molecule has 5 heteroatoms. The fraction of sp³-hybridized carbons (Fsp3) is 0.235. The molecular weight excluding hydrogens is 297 g/mol. The Morgan fingerprint density at radius 1 is 1.32 bits per heavy atom. The molecule has 2 heterocycles. The Morgan fingerprint density at radius 2 is 2.09 bits per heavy atom. The summed E-state index contributed by atoms with van der Waals surface area (Å²) >= 11 is 1.54. The minimum atomic E-state index is -0.329. The second kappa shape index (κ2) is 6.32. The van der Waals surface area contributed by atoms with Crippen LogP contribution in [-0.4, -0.2) is 17.0 Å². The molecule has 0 fully saturated rings. The van der Waals surface area contributed by atoms with Crippen LogP contribution in [0.3, 0.4) is 0 Å². The number of hydrazine groups is 1. The van der Waals surface area contributed by atoms with E-state index < -0.39 is 0 Å². The van der Waals surface area contributed by atoms with Gasteiger partial charge >= 0.3 is 0 Å². The summed E-state index contributed by atoms with van der Waals surface area (Å²) in [5.74, 6) is -0.257. The van der Waals surface area contributed by atoms with E-state index in [1.165, 1.54) is 0 Å². The van der Waals surface area contributed by atoms with Crippen molar-refractivity contribution < 1.29 is 4.39 Å². The van der Waals surface area contributed by atoms with Crippen LogP contribution in [0, 0.1) is 5.92 Å². The highest BCUT2D eigenvalue weighted by molar-refractivity contribution is 7.13. The highest BCUT2D eigenvalue weighted by Crippen LogP contribution is 2.33. The molecule has 3 rings (SSSR count). The second-order valence-corrected chi connectivity index (χ2v) is 6.23. The van der Waals surface area contributed by atoms with Crippen LogP contribution < -0.4 is 5.43 Å². The van der Waals surface area contributed by atoms with Gasteiger partial charge in [-0.05, 0) is 12.3 Å². The predicted molar refractivity (Wildman–Crippen MR) is 89.4 cm³/mol. The molecule has 0 saturated carbocycles. The van der Waals surface area contributed by atoms with E-state index in [1.54, 1.807) is 23.4 Å². The summed E-state index contributed by atoms with van der Waals surface area (Å²) in [6, 6.07) is 9.97. The first-order valence-corrected chi connectivity index (χ1v) is 8.10. The molecule has 1 aromatic heterocycles. The van der Waals surface area contributed by atoms with Gasteiger partial charge in [-0.25, -0.2) is 4.98 Å². The van der Waals surface area contributed by atoms with Gasteiger partial charge in [-0.3, -0.25) is 10.4 Å². The van der Waals surface area contributed by atoms with Gasteiger partial charge in [0.2, 0.25) is 5.95 Å². The Labute approximate surface area is 133 Å². The summed E-state index contributed by atoms with van der Waals surface area (Å²) in [4.78, 5) is 4.64. The van der Waals surface area contributed by atoms with Crippen molar-refractivity contribution in [2.45, 2.75) is 13.3 Å². The van der Waals surface area contributed by atoms with Gasteiger partial charge in [0.15, 0.2) is 0 Å². The van der Waals surface area contributed by atoms with Crippen LogP contribution in [0.5, 0.6) is 0 Å². The molecule has 0 saturated heterocycles. The highest BCUT2D eigenvalue weighted by atomic mass is 32.1. The van der Waals surface area contributed by atoms with Crippen molar-refractivity contribution in [1.82, 2.24) is 15.4 Å². The van der Waals surface area contributed by atoms with Crippen molar-refractivity contribution in [3.05, 3.63) is 59.6 Å². The minimum Gasteiger partial charge on any atom is -0.297 e. The Hall–Kier alpha value is -2.14. The fourth-order valence-corrected chi connectivity index (χ4v) is 3.31. The summed E-state index contributed by atoms with van der Waals surface area (Å²) < 4.78 is 14.5. The van der Waals surface area contributed by atoms with Crippen LogP contribution >= 0.6 is 11.3 Å².